The summed E-state index contributed by atoms with van der Waals surface area (Å²) in [6.45, 7) is 2.62. The van der Waals surface area contributed by atoms with Gasteiger partial charge in [0.25, 0.3) is 0 Å². The smallest absolute Gasteiger partial charge is 0.372 e. The minimum atomic E-state index is -4.47. The van der Waals surface area contributed by atoms with Crippen LogP contribution >= 0.6 is 0 Å². The standard InChI is InChI=1S/C26H24F3N7O/c1-17-12-13-34(2)23-11-10-22(18-4-3-5-19(14-18)26(27,28)29)33-24(23)36(17)25(37)32-20-6-8-21(9-7-20)35-16-30-15-31-35/h3-11,14-17H,12-13H2,1-2H3,(H,32,37)/t17-/m1/s1. The van der Waals surface area contributed by atoms with Gasteiger partial charge in [-0.05, 0) is 61.9 Å². The van der Waals surface area contributed by atoms with Crippen molar-refractivity contribution in [1.82, 2.24) is 19.7 Å². The molecule has 3 heterocycles. The third-order valence-corrected chi connectivity index (χ3v) is 6.32. The van der Waals surface area contributed by atoms with Crippen molar-refractivity contribution in [1.29, 1.82) is 0 Å². The number of carbonyl (C=O) groups excluding carboxylic acids is 1. The van der Waals surface area contributed by atoms with Crippen molar-refractivity contribution in [2.75, 3.05) is 28.7 Å². The minimum Gasteiger partial charge on any atom is -0.372 e. The Hall–Kier alpha value is -4.41. The van der Waals surface area contributed by atoms with Crippen LogP contribution in [0.15, 0.2) is 73.3 Å². The highest BCUT2D eigenvalue weighted by molar-refractivity contribution is 6.04. The van der Waals surface area contributed by atoms with Crippen molar-refractivity contribution in [3.63, 3.8) is 0 Å². The van der Waals surface area contributed by atoms with Gasteiger partial charge in [0.1, 0.15) is 12.7 Å². The second-order valence-electron chi connectivity index (χ2n) is 8.86. The first-order valence-corrected chi connectivity index (χ1v) is 11.7. The number of alkyl halides is 3. The van der Waals surface area contributed by atoms with Crippen LogP contribution in [0.25, 0.3) is 16.9 Å². The fraction of sp³-hybridized carbons (Fsp3) is 0.231. The lowest BCUT2D eigenvalue weighted by Gasteiger charge is -2.28. The van der Waals surface area contributed by atoms with E-state index >= 15 is 0 Å². The zero-order chi connectivity index (χ0) is 26.2. The molecule has 0 bridgehead atoms. The first kappa shape index (κ1) is 24.3. The first-order valence-electron chi connectivity index (χ1n) is 11.7. The summed E-state index contributed by atoms with van der Waals surface area (Å²) >= 11 is 0. The van der Waals surface area contributed by atoms with Crippen molar-refractivity contribution in [2.45, 2.75) is 25.6 Å². The quantitative estimate of drug-likeness (QED) is 0.390. The van der Waals surface area contributed by atoms with Crippen molar-refractivity contribution >= 4 is 23.2 Å². The average Bonchev–Trinajstić information content (AvgIpc) is 3.38. The van der Waals surface area contributed by atoms with Crippen LogP contribution in [0, 0.1) is 0 Å². The maximum absolute atomic E-state index is 13.5. The van der Waals surface area contributed by atoms with Gasteiger partial charge >= 0.3 is 12.2 Å². The summed E-state index contributed by atoms with van der Waals surface area (Å²) in [6, 6.07) is 15.0. The third kappa shape index (κ3) is 4.97. The molecule has 0 aliphatic carbocycles. The van der Waals surface area contributed by atoms with E-state index in [2.05, 4.69) is 15.4 Å². The molecule has 0 fully saturated rings. The Morgan fingerprint density at radius 3 is 2.57 bits per heavy atom. The first-order chi connectivity index (χ1) is 17.7. The van der Waals surface area contributed by atoms with Crippen molar-refractivity contribution < 1.29 is 18.0 Å². The fourth-order valence-corrected chi connectivity index (χ4v) is 4.29. The molecule has 2 aromatic carbocycles. The number of fused-ring (bicyclic) bond motifs is 1. The monoisotopic (exact) mass is 507 g/mol. The summed E-state index contributed by atoms with van der Waals surface area (Å²) in [6.07, 6.45) is -0.769. The Morgan fingerprint density at radius 1 is 1.08 bits per heavy atom. The summed E-state index contributed by atoms with van der Waals surface area (Å²) in [4.78, 5) is 25.7. The molecule has 0 saturated heterocycles. The number of amides is 2. The number of rotatable bonds is 3. The van der Waals surface area contributed by atoms with Crippen LogP contribution in [-0.4, -0.2) is 45.4 Å². The molecule has 5 rings (SSSR count). The summed E-state index contributed by atoms with van der Waals surface area (Å²) in [5.74, 6) is 0.388. The van der Waals surface area contributed by atoms with E-state index in [4.69, 9.17) is 4.98 Å². The Balaban J connectivity index is 1.48. The number of hydrogen-bond donors (Lipinski definition) is 1. The van der Waals surface area contributed by atoms with Gasteiger partial charge in [0, 0.05) is 30.9 Å². The fourth-order valence-electron chi connectivity index (χ4n) is 4.29. The molecule has 2 amide bonds. The third-order valence-electron chi connectivity index (χ3n) is 6.32. The predicted molar refractivity (Wildman–Crippen MR) is 135 cm³/mol. The van der Waals surface area contributed by atoms with Gasteiger partial charge in [-0.2, -0.15) is 18.3 Å². The molecular weight excluding hydrogens is 483 g/mol. The number of anilines is 3. The van der Waals surface area contributed by atoms with E-state index in [-0.39, 0.29) is 12.1 Å². The molecule has 4 aromatic rings. The van der Waals surface area contributed by atoms with E-state index in [0.717, 1.165) is 23.5 Å². The molecule has 1 N–H and O–H groups in total. The lowest BCUT2D eigenvalue weighted by Crippen LogP contribution is -2.42. The number of carbonyl (C=O) groups is 1. The van der Waals surface area contributed by atoms with Crippen LogP contribution in [0.5, 0.6) is 0 Å². The highest BCUT2D eigenvalue weighted by atomic mass is 19.4. The van der Waals surface area contributed by atoms with Crippen LogP contribution in [0.4, 0.5) is 35.2 Å². The SMILES string of the molecule is C[C@@H]1CCN(C)c2ccc(-c3cccc(C(F)(F)F)c3)nc2N1C(=O)Nc1ccc(-n2cncn2)cc1. The number of nitrogens with one attached hydrogen (secondary N) is 1. The van der Waals surface area contributed by atoms with E-state index in [9.17, 15) is 18.0 Å². The topological polar surface area (TPSA) is 79.2 Å². The van der Waals surface area contributed by atoms with E-state index in [1.165, 1.54) is 12.4 Å². The Labute approximate surface area is 211 Å². The van der Waals surface area contributed by atoms with Crippen molar-refractivity contribution in [3.8, 4) is 16.9 Å². The highest BCUT2D eigenvalue weighted by Crippen LogP contribution is 2.37. The van der Waals surface area contributed by atoms with Crippen LogP contribution in [0.1, 0.15) is 18.9 Å². The van der Waals surface area contributed by atoms with Crippen molar-refractivity contribution in [3.05, 3.63) is 78.9 Å². The molecule has 1 aliphatic rings. The summed E-state index contributed by atoms with van der Waals surface area (Å²) in [5, 5.41) is 7.01. The van der Waals surface area contributed by atoms with Gasteiger partial charge in [0.05, 0.1) is 22.6 Å². The largest absolute Gasteiger partial charge is 0.416 e. The number of urea groups is 1. The molecule has 1 aliphatic heterocycles. The van der Waals surface area contributed by atoms with Gasteiger partial charge in [-0.1, -0.05) is 12.1 Å². The number of pyridine rings is 1. The number of hydrogen-bond acceptors (Lipinski definition) is 5. The molecule has 0 unspecified atom stereocenters. The maximum atomic E-state index is 13.5. The Bertz CT molecular complexity index is 1400. The average molecular weight is 508 g/mol. The van der Waals surface area contributed by atoms with Crippen molar-refractivity contribution in [2.24, 2.45) is 0 Å². The van der Waals surface area contributed by atoms with Crippen LogP contribution in [0.2, 0.25) is 0 Å². The lowest BCUT2D eigenvalue weighted by molar-refractivity contribution is -0.137. The molecule has 2 aromatic heterocycles. The van der Waals surface area contributed by atoms with Crippen LogP contribution in [-0.2, 0) is 6.18 Å². The zero-order valence-electron chi connectivity index (χ0n) is 20.1. The summed E-state index contributed by atoms with van der Waals surface area (Å²) < 4.78 is 41.5. The molecular formula is C26H24F3N7O. The number of halogens is 3. The van der Waals surface area contributed by atoms with E-state index < -0.39 is 11.7 Å². The Kier molecular flexibility index (Phi) is 6.28. The van der Waals surface area contributed by atoms with Crippen LogP contribution < -0.4 is 15.1 Å². The molecule has 190 valence electrons. The Morgan fingerprint density at radius 2 is 1.86 bits per heavy atom. The summed E-state index contributed by atoms with van der Waals surface area (Å²) in [7, 11) is 1.90. The molecule has 1 atom stereocenters. The zero-order valence-corrected chi connectivity index (χ0v) is 20.1. The van der Waals surface area contributed by atoms with Gasteiger partial charge in [-0.25, -0.2) is 19.4 Å². The summed E-state index contributed by atoms with van der Waals surface area (Å²) in [5.41, 5.74) is 2.00. The van der Waals surface area contributed by atoms with Gasteiger partial charge in [0.15, 0.2) is 5.82 Å². The predicted octanol–water partition coefficient (Wildman–Crippen LogP) is 5.62. The van der Waals surface area contributed by atoms with Gasteiger partial charge in [-0.15, -0.1) is 0 Å². The number of benzene rings is 2. The van der Waals surface area contributed by atoms with Crippen LogP contribution in [0.3, 0.4) is 0 Å². The highest BCUT2D eigenvalue weighted by Gasteiger charge is 2.32. The van der Waals surface area contributed by atoms with Gasteiger partial charge < -0.3 is 10.2 Å². The number of aromatic nitrogens is 4. The number of nitrogens with zero attached hydrogens (tertiary/aromatic N) is 6. The molecule has 0 saturated carbocycles. The maximum Gasteiger partial charge on any atom is 0.416 e. The van der Waals surface area contributed by atoms with Gasteiger partial charge in [0.2, 0.25) is 0 Å². The van der Waals surface area contributed by atoms with E-state index in [1.54, 1.807) is 46.2 Å². The minimum absolute atomic E-state index is 0.206. The molecule has 37 heavy (non-hydrogen) atoms. The van der Waals surface area contributed by atoms with E-state index in [0.29, 0.717) is 35.7 Å². The molecule has 0 spiro atoms. The second kappa shape index (κ2) is 9.57. The second-order valence-corrected chi connectivity index (χ2v) is 8.86. The lowest BCUT2D eigenvalue weighted by atomic mass is 10.1. The van der Waals surface area contributed by atoms with E-state index in [1.807, 2.05) is 31.0 Å². The molecule has 11 heteroatoms. The molecule has 8 nitrogen and oxygen atoms in total. The normalized spacial score (nSPS) is 15.8. The molecule has 0 radical (unpaired) electrons. The van der Waals surface area contributed by atoms with Gasteiger partial charge in [-0.3, -0.25) is 4.90 Å².